The van der Waals surface area contributed by atoms with Crippen LogP contribution in [0.5, 0.6) is 0 Å². The second kappa shape index (κ2) is 8.52. The monoisotopic (exact) mass is 384 g/mol. The number of benzene rings is 1. The third-order valence-corrected chi connectivity index (χ3v) is 4.95. The van der Waals surface area contributed by atoms with Crippen LogP contribution in [0.2, 0.25) is 0 Å². The Bertz CT molecular complexity index is 868. The van der Waals surface area contributed by atoms with Gasteiger partial charge in [-0.25, -0.2) is 4.68 Å². The van der Waals surface area contributed by atoms with E-state index in [4.69, 9.17) is 0 Å². The standard InChI is InChI=1S/C20H28N6O2/c1-12(2)22-19(27)17-6-5-15(11-13(17)3)23-20(28)18-14(4)26(25-24-18)16-7-9-21-10-8-16/h5-6,11-12,16,21H,7-10H2,1-4H3,(H,22,27)(H,23,28). The number of piperidine rings is 1. The van der Waals surface area contributed by atoms with Crippen LogP contribution in [0, 0.1) is 13.8 Å². The van der Waals surface area contributed by atoms with Crippen molar-refractivity contribution < 1.29 is 9.59 Å². The summed E-state index contributed by atoms with van der Waals surface area (Å²) in [5, 5.41) is 17.4. The summed E-state index contributed by atoms with van der Waals surface area (Å²) in [7, 11) is 0. The maximum absolute atomic E-state index is 12.7. The van der Waals surface area contributed by atoms with Gasteiger partial charge in [0.15, 0.2) is 5.69 Å². The first kappa shape index (κ1) is 20.0. The maximum Gasteiger partial charge on any atom is 0.278 e. The highest BCUT2D eigenvalue weighted by Gasteiger charge is 2.23. The highest BCUT2D eigenvalue weighted by molar-refractivity contribution is 6.04. The number of nitrogens with zero attached hydrogens (tertiary/aromatic N) is 3. The van der Waals surface area contributed by atoms with Gasteiger partial charge in [0.05, 0.1) is 11.7 Å². The topological polar surface area (TPSA) is 101 Å². The van der Waals surface area contributed by atoms with E-state index in [0.29, 0.717) is 16.9 Å². The maximum atomic E-state index is 12.7. The molecule has 0 unspecified atom stereocenters. The van der Waals surface area contributed by atoms with E-state index in [0.717, 1.165) is 37.2 Å². The predicted octanol–water partition coefficient (Wildman–Crippen LogP) is 2.21. The number of rotatable bonds is 5. The minimum atomic E-state index is -0.295. The Labute approximate surface area is 165 Å². The van der Waals surface area contributed by atoms with Crippen molar-refractivity contribution >= 4 is 17.5 Å². The van der Waals surface area contributed by atoms with E-state index in [1.807, 2.05) is 32.4 Å². The molecule has 0 radical (unpaired) electrons. The number of aromatic nitrogens is 3. The quantitative estimate of drug-likeness (QED) is 0.734. The molecule has 3 rings (SSSR count). The molecule has 28 heavy (non-hydrogen) atoms. The molecule has 3 N–H and O–H groups in total. The molecule has 1 fully saturated rings. The summed E-state index contributed by atoms with van der Waals surface area (Å²) in [6, 6.07) is 5.58. The summed E-state index contributed by atoms with van der Waals surface area (Å²) in [6.07, 6.45) is 1.95. The molecule has 1 aromatic heterocycles. The Hall–Kier alpha value is -2.74. The Balaban J connectivity index is 1.72. The van der Waals surface area contributed by atoms with Gasteiger partial charge in [-0.3, -0.25) is 9.59 Å². The summed E-state index contributed by atoms with van der Waals surface area (Å²) in [6.45, 7) is 9.45. The zero-order valence-electron chi connectivity index (χ0n) is 16.9. The molecule has 2 heterocycles. The highest BCUT2D eigenvalue weighted by Crippen LogP contribution is 2.21. The number of hydrogen-bond donors (Lipinski definition) is 3. The van der Waals surface area contributed by atoms with Gasteiger partial charge in [-0.1, -0.05) is 5.21 Å². The van der Waals surface area contributed by atoms with Crippen LogP contribution in [0.4, 0.5) is 5.69 Å². The van der Waals surface area contributed by atoms with Crippen LogP contribution in [0.3, 0.4) is 0 Å². The zero-order valence-corrected chi connectivity index (χ0v) is 16.9. The van der Waals surface area contributed by atoms with Crippen LogP contribution >= 0.6 is 0 Å². The fourth-order valence-electron chi connectivity index (χ4n) is 3.48. The number of carbonyl (C=O) groups is 2. The summed E-state index contributed by atoms with van der Waals surface area (Å²) < 4.78 is 1.86. The first-order valence-electron chi connectivity index (χ1n) is 9.72. The molecule has 0 saturated carbocycles. The van der Waals surface area contributed by atoms with Gasteiger partial charge in [-0.05, 0) is 77.4 Å². The van der Waals surface area contributed by atoms with Gasteiger partial charge in [0.1, 0.15) is 0 Å². The Morgan fingerprint density at radius 3 is 2.54 bits per heavy atom. The second-order valence-corrected chi connectivity index (χ2v) is 7.56. The van der Waals surface area contributed by atoms with Crippen LogP contribution in [0.25, 0.3) is 0 Å². The molecular weight excluding hydrogens is 356 g/mol. The summed E-state index contributed by atoms with van der Waals surface area (Å²) in [4.78, 5) is 24.9. The van der Waals surface area contributed by atoms with Gasteiger partial charge in [0, 0.05) is 17.3 Å². The van der Waals surface area contributed by atoms with E-state index in [1.54, 1.807) is 18.2 Å². The molecule has 0 atom stereocenters. The fraction of sp³-hybridized carbons (Fsp3) is 0.500. The molecule has 150 valence electrons. The van der Waals surface area contributed by atoms with Gasteiger partial charge >= 0.3 is 0 Å². The van der Waals surface area contributed by atoms with Crippen molar-refractivity contribution in [1.29, 1.82) is 0 Å². The fourth-order valence-corrected chi connectivity index (χ4v) is 3.48. The molecular formula is C20H28N6O2. The van der Waals surface area contributed by atoms with Gasteiger partial charge in [-0.15, -0.1) is 5.10 Å². The van der Waals surface area contributed by atoms with Gasteiger partial charge in [-0.2, -0.15) is 0 Å². The van der Waals surface area contributed by atoms with E-state index in [2.05, 4.69) is 26.3 Å². The summed E-state index contributed by atoms with van der Waals surface area (Å²) >= 11 is 0. The third kappa shape index (κ3) is 4.39. The molecule has 2 aromatic rings. The highest BCUT2D eigenvalue weighted by atomic mass is 16.2. The lowest BCUT2D eigenvalue weighted by molar-refractivity contribution is 0.0942. The molecule has 1 saturated heterocycles. The lowest BCUT2D eigenvalue weighted by atomic mass is 10.1. The SMILES string of the molecule is Cc1cc(NC(=O)c2nnn(C3CCNCC3)c2C)ccc1C(=O)NC(C)C. The molecule has 1 aliphatic heterocycles. The van der Waals surface area contributed by atoms with Gasteiger partial charge in [0.25, 0.3) is 11.8 Å². The third-order valence-electron chi connectivity index (χ3n) is 4.95. The zero-order chi connectivity index (χ0) is 20.3. The largest absolute Gasteiger partial charge is 0.350 e. The Kier molecular flexibility index (Phi) is 6.08. The Morgan fingerprint density at radius 2 is 1.89 bits per heavy atom. The van der Waals surface area contributed by atoms with Gasteiger partial charge in [0.2, 0.25) is 0 Å². The van der Waals surface area contributed by atoms with Crippen molar-refractivity contribution in [2.24, 2.45) is 0 Å². The molecule has 8 heteroatoms. The number of aryl methyl sites for hydroxylation is 1. The number of carbonyl (C=O) groups excluding carboxylic acids is 2. The Morgan fingerprint density at radius 1 is 1.18 bits per heavy atom. The minimum Gasteiger partial charge on any atom is -0.350 e. The van der Waals surface area contributed by atoms with Crippen LogP contribution < -0.4 is 16.0 Å². The molecule has 0 aliphatic carbocycles. The predicted molar refractivity (Wildman–Crippen MR) is 108 cm³/mol. The van der Waals surface area contributed by atoms with Crippen molar-refractivity contribution in [2.75, 3.05) is 18.4 Å². The lowest BCUT2D eigenvalue weighted by Crippen LogP contribution is -2.30. The number of hydrogen-bond acceptors (Lipinski definition) is 5. The van der Waals surface area contributed by atoms with Crippen molar-refractivity contribution in [1.82, 2.24) is 25.6 Å². The van der Waals surface area contributed by atoms with E-state index >= 15 is 0 Å². The van der Waals surface area contributed by atoms with Crippen LogP contribution in [0.15, 0.2) is 18.2 Å². The van der Waals surface area contributed by atoms with Crippen molar-refractivity contribution in [2.45, 2.75) is 52.6 Å². The molecule has 1 aliphatic rings. The summed E-state index contributed by atoms with van der Waals surface area (Å²) in [5.41, 5.74) is 3.12. The molecule has 2 amide bonds. The average molecular weight is 384 g/mol. The lowest BCUT2D eigenvalue weighted by Gasteiger charge is -2.23. The number of nitrogens with one attached hydrogen (secondary N) is 3. The van der Waals surface area contributed by atoms with Crippen molar-refractivity contribution in [3.8, 4) is 0 Å². The van der Waals surface area contributed by atoms with Crippen LogP contribution in [0.1, 0.15) is 64.8 Å². The summed E-state index contributed by atoms with van der Waals surface area (Å²) in [5.74, 6) is -0.414. The molecule has 1 aromatic carbocycles. The molecule has 8 nitrogen and oxygen atoms in total. The van der Waals surface area contributed by atoms with Crippen LogP contribution in [-0.4, -0.2) is 45.9 Å². The van der Waals surface area contributed by atoms with Gasteiger partial charge < -0.3 is 16.0 Å². The first-order valence-corrected chi connectivity index (χ1v) is 9.72. The average Bonchev–Trinajstić information content (AvgIpc) is 3.03. The van der Waals surface area contributed by atoms with E-state index < -0.39 is 0 Å². The number of amides is 2. The van der Waals surface area contributed by atoms with E-state index in [9.17, 15) is 9.59 Å². The molecule has 0 bridgehead atoms. The smallest absolute Gasteiger partial charge is 0.278 e. The molecule has 0 spiro atoms. The first-order chi connectivity index (χ1) is 13.4. The van der Waals surface area contributed by atoms with Crippen LogP contribution in [-0.2, 0) is 0 Å². The van der Waals surface area contributed by atoms with E-state index in [1.165, 1.54) is 0 Å². The normalized spacial score (nSPS) is 14.9. The number of anilines is 1. The second-order valence-electron chi connectivity index (χ2n) is 7.56. The van der Waals surface area contributed by atoms with Crippen molar-refractivity contribution in [3.63, 3.8) is 0 Å². The van der Waals surface area contributed by atoms with Crippen molar-refractivity contribution in [3.05, 3.63) is 40.7 Å². The minimum absolute atomic E-state index is 0.0665. The van der Waals surface area contributed by atoms with E-state index in [-0.39, 0.29) is 23.9 Å².